The van der Waals surface area contributed by atoms with Gasteiger partial charge in [0.15, 0.2) is 0 Å². The monoisotopic (exact) mass is 244 g/mol. The van der Waals surface area contributed by atoms with Gasteiger partial charge < -0.3 is 0 Å². The Bertz CT molecular complexity index is 463. The molecule has 0 fully saturated rings. The highest BCUT2D eigenvalue weighted by atomic mass is 32.2. The fourth-order valence-electron chi connectivity index (χ4n) is 2.91. The largest absolute Gasteiger partial charge is 0.108 e. The average molecular weight is 244 g/mol. The third-order valence-corrected chi connectivity index (χ3v) is 5.24. The lowest BCUT2D eigenvalue weighted by Gasteiger charge is -2.46. The van der Waals surface area contributed by atoms with Gasteiger partial charge in [0.1, 0.15) is 0 Å². The minimum atomic E-state index is 0.156. The maximum absolute atomic E-state index is 5.50. The van der Waals surface area contributed by atoms with E-state index < -0.39 is 0 Å². The van der Waals surface area contributed by atoms with E-state index in [0.717, 1.165) is 6.42 Å². The predicted molar refractivity (Wildman–Crippen MR) is 77.3 cm³/mol. The Morgan fingerprint density at radius 3 is 2.35 bits per heavy atom. The third kappa shape index (κ3) is 2.00. The van der Waals surface area contributed by atoms with Gasteiger partial charge in [-0.1, -0.05) is 63.7 Å². The zero-order valence-corrected chi connectivity index (χ0v) is 11.9. The molecule has 1 atom stereocenters. The summed E-state index contributed by atoms with van der Waals surface area (Å²) in [5, 5.41) is 3.28. The first-order chi connectivity index (χ1) is 7.89. The van der Waals surface area contributed by atoms with Crippen LogP contribution in [0.3, 0.4) is 0 Å². The van der Waals surface area contributed by atoms with Crippen LogP contribution in [0, 0.1) is 11.7 Å². The number of fused-ring (bicyclic) bond motifs is 1. The Kier molecular flexibility index (Phi) is 3.04. The van der Waals surface area contributed by atoms with Crippen molar-refractivity contribution < 1.29 is 0 Å². The van der Waals surface area contributed by atoms with Crippen molar-refractivity contribution >= 4 is 11.8 Å². The molecule has 0 N–H and O–H groups in total. The van der Waals surface area contributed by atoms with Crippen LogP contribution in [-0.4, -0.2) is 5.25 Å². The Morgan fingerprint density at radius 1 is 1.18 bits per heavy atom. The zero-order chi connectivity index (χ0) is 12.7. The Morgan fingerprint density at radius 2 is 1.76 bits per heavy atom. The molecule has 1 aliphatic carbocycles. The van der Waals surface area contributed by atoms with E-state index in [1.807, 2.05) is 0 Å². The average Bonchev–Trinajstić information content (AvgIpc) is 2.27. The van der Waals surface area contributed by atoms with E-state index in [4.69, 9.17) is 6.42 Å². The van der Waals surface area contributed by atoms with E-state index in [0.29, 0.717) is 5.25 Å². The minimum Gasteiger partial charge on any atom is -0.108 e. The second-order valence-corrected chi connectivity index (χ2v) is 7.12. The Hall–Kier alpha value is -0.870. The van der Waals surface area contributed by atoms with Gasteiger partial charge in [-0.15, -0.1) is 6.42 Å². The number of hydrogen-bond donors (Lipinski definition) is 0. The van der Waals surface area contributed by atoms with Gasteiger partial charge in [-0.25, -0.2) is 0 Å². The van der Waals surface area contributed by atoms with Crippen molar-refractivity contribution in [3.05, 3.63) is 35.4 Å². The van der Waals surface area contributed by atoms with Crippen LogP contribution in [-0.2, 0) is 10.8 Å². The first kappa shape index (κ1) is 12.6. The SMILES string of the molecule is C#CSC1CC(C)(C)c2ccccc2C1(C)C. The Balaban J connectivity index is 2.57. The molecule has 17 heavy (non-hydrogen) atoms. The van der Waals surface area contributed by atoms with E-state index in [-0.39, 0.29) is 10.8 Å². The van der Waals surface area contributed by atoms with Gasteiger partial charge in [-0.3, -0.25) is 0 Å². The number of thioether (sulfide) groups is 1. The molecule has 0 saturated heterocycles. The quantitative estimate of drug-likeness (QED) is 0.662. The highest BCUT2D eigenvalue weighted by Crippen LogP contribution is 2.49. The molecule has 1 unspecified atom stereocenters. The van der Waals surface area contributed by atoms with Gasteiger partial charge in [-0.05, 0) is 28.2 Å². The fraction of sp³-hybridized carbons (Fsp3) is 0.500. The van der Waals surface area contributed by atoms with Crippen molar-refractivity contribution in [2.45, 2.75) is 50.2 Å². The van der Waals surface area contributed by atoms with Crippen LogP contribution < -0.4 is 0 Å². The van der Waals surface area contributed by atoms with E-state index in [2.05, 4.69) is 57.2 Å². The lowest BCUT2D eigenvalue weighted by Crippen LogP contribution is -2.43. The third-order valence-electron chi connectivity index (χ3n) is 4.06. The van der Waals surface area contributed by atoms with Crippen LogP contribution in [0.25, 0.3) is 0 Å². The normalized spacial score (nSPS) is 24.8. The van der Waals surface area contributed by atoms with Gasteiger partial charge in [0.2, 0.25) is 0 Å². The summed E-state index contributed by atoms with van der Waals surface area (Å²) in [5.74, 6) is 0. The molecule has 0 amide bonds. The van der Waals surface area contributed by atoms with Crippen molar-refractivity contribution in [1.29, 1.82) is 0 Å². The molecule has 0 nitrogen and oxygen atoms in total. The molecule has 0 bridgehead atoms. The van der Waals surface area contributed by atoms with Crippen LogP contribution in [0.15, 0.2) is 24.3 Å². The van der Waals surface area contributed by atoms with Crippen LogP contribution in [0.1, 0.15) is 45.2 Å². The maximum Gasteiger partial charge on any atom is 0.0271 e. The first-order valence-corrected chi connectivity index (χ1v) is 6.99. The molecule has 0 spiro atoms. The highest BCUT2D eigenvalue weighted by molar-refractivity contribution is 8.04. The van der Waals surface area contributed by atoms with Crippen molar-refractivity contribution in [2.75, 3.05) is 0 Å². The minimum absolute atomic E-state index is 0.156. The molecule has 1 aromatic carbocycles. The van der Waals surface area contributed by atoms with Crippen LogP contribution in [0.4, 0.5) is 0 Å². The molecule has 0 heterocycles. The van der Waals surface area contributed by atoms with Gasteiger partial charge in [0.05, 0.1) is 0 Å². The molecule has 90 valence electrons. The lowest BCUT2D eigenvalue weighted by atomic mass is 9.63. The summed E-state index contributed by atoms with van der Waals surface area (Å²) >= 11 is 1.65. The predicted octanol–water partition coefficient (Wildman–Crippen LogP) is 4.34. The maximum atomic E-state index is 5.50. The van der Waals surface area contributed by atoms with Gasteiger partial charge >= 0.3 is 0 Å². The molecule has 1 aliphatic rings. The lowest BCUT2D eigenvalue weighted by molar-refractivity contribution is 0.344. The summed E-state index contributed by atoms with van der Waals surface area (Å²) in [6, 6.07) is 8.82. The molecule has 0 aromatic heterocycles. The number of terminal acetylenes is 1. The molecular weight excluding hydrogens is 224 g/mol. The van der Waals surface area contributed by atoms with Crippen molar-refractivity contribution in [2.24, 2.45) is 0 Å². The van der Waals surface area contributed by atoms with E-state index in [9.17, 15) is 0 Å². The molecule has 0 aliphatic heterocycles. The molecular formula is C16H20S. The Labute approximate surface area is 109 Å². The van der Waals surface area contributed by atoms with Crippen LogP contribution >= 0.6 is 11.8 Å². The first-order valence-electron chi connectivity index (χ1n) is 6.11. The number of benzene rings is 1. The second kappa shape index (κ2) is 4.10. The number of hydrogen-bond acceptors (Lipinski definition) is 1. The van der Waals surface area contributed by atoms with Crippen LogP contribution in [0.2, 0.25) is 0 Å². The summed E-state index contributed by atoms with van der Waals surface area (Å²) < 4.78 is 0. The summed E-state index contributed by atoms with van der Waals surface area (Å²) in [4.78, 5) is 0. The molecule has 2 rings (SSSR count). The zero-order valence-electron chi connectivity index (χ0n) is 11.1. The highest BCUT2D eigenvalue weighted by Gasteiger charge is 2.43. The second-order valence-electron chi connectivity index (χ2n) is 6.08. The smallest absolute Gasteiger partial charge is 0.0271 e. The fourth-order valence-corrected chi connectivity index (χ4v) is 3.99. The molecule has 0 saturated carbocycles. The topological polar surface area (TPSA) is 0 Å². The molecule has 1 aromatic rings. The van der Waals surface area contributed by atoms with Gasteiger partial charge in [0.25, 0.3) is 0 Å². The molecule has 0 radical (unpaired) electrons. The van der Waals surface area contributed by atoms with Crippen molar-refractivity contribution in [1.82, 2.24) is 0 Å². The number of rotatable bonds is 1. The van der Waals surface area contributed by atoms with E-state index in [1.165, 1.54) is 11.1 Å². The van der Waals surface area contributed by atoms with Gasteiger partial charge in [-0.2, -0.15) is 0 Å². The summed E-state index contributed by atoms with van der Waals surface area (Å²) in [6.07, 6.45) is 6.65. The summed E-state index contributed by atoms with van der Waals surface area (Å²) in [6.45, 7) is 9.28. The standard InChI is InChI=1S/C16H20S/c1-6-17-14-11-15(2,3)12-9-7-8-10-13(12)16(14,4)5/h1,7-10,14H,11H2,2-5H3. The summed E-state index contributed by atoms with van der Waals surface area (Å²) in [5.41, 5.74) is 3.33. The van der Waals surface area contributed by atoms with Crippen molar-refractivity contribution in [3.63, 3.8) is 0 Å². The summed E-state index contributed by atoms with van der Waals surface area (Å²) in [7, 11) is 0. The van der Waals surface area contributed by atoms with E-state index >= 15 is 0 Å². The molecule has 1 heteroatoms. The van der Waals surface area contributed by atoms with Gasteiger partial charge in [0, 0.05) is 10.7 Å². The van der Waals surface area contributed by atoms with E-state index in [1.54, 1.807) is 11.8 Å². The van der Waals surface area contributed by atoms with Crippen molar-refractivity contribution in [3.8, 4) is 11.7 Å². The van der Waals surface area contributed by atoms with Crippen LogP contribution in [0.5, 0.6) is 0 Å².